The molecule has 0 amide bonds. The molecule has 4 heteroatoms. The summed E-state index contributed by atoms with van der Waals surface area (Å²) in [6.45, 7) is 11.0. The number of rotatable bonds is 9. The highest BCUT2D eigenvalue weighted by Gasteiger charge is 2.18. The zero-order valence-corrected chi connectivity index (χ0v) is 13.7. The average Bonchev–Trinajstić information content (AvgIpc) is 2.42. The lowest BCUT2D eigenvalue weighted by atomic mass is 9.85. The van der Waals surface area contributed by atoms with E-state index in [0.29, 0.717) is 0 Å². The summed E-state index contributed by atoms with van der Waals surface area (Å²) in [6.07, 6.45) is 8.20. The number of hydrogen-bond donors (Lipinski definition) is 0. The van der Waals surface area contributed by atoms with Crippen LogP contribution in [0.1, 0.15) is 59.3 Å². The fourth-order valence-electron chi connectivity index (χ4n) is 2.00. The van der Waals surface area contributed by atoms with Gasteiger partial charge in [-0.2, -0.15) is 0 Å². The van der Waals surface area contributed by atoms with Gasteiger partial charge in [0.05, 0.1) is 26.7 Å². The second-order valence-corrected chi connectivity index (χ2v) is 5.55. The quantitative estimate of drug-likeness (QED) is 0.475. The summed E-state index contributed by atoms with van der Waals surface area (Å²) in [4.78, 5) is 0. The van der Waals surface area contributed by atoms with Crippen molar-refractivity contribution in [3.63, 3.8) is 0 Å². The van der Waals surface area contributed by atoms with E-state index in [2.05, 4.69) is 27.8 Å². The molecule has 0 unspecified atom stereocenters. The molecule has 0 aliphatic heterocycles. The molecule has 0 N–H and O–H groups in total. The Balaban J connectivity index is 0. The van der Waals surface area contributed by atoms with Crippen molar-refractivity contribution >= 4 is 7.28 Å². The molecule has 0 aromatic heterocycles. The number of quaternary nitrogens is 1. The van der Waals surface area contributed by atoms with Crippen LogP contribution in [0, 0.1) is 22.5 Å². The molecule has 0 aliphatic rings. The standard InChI is InChI=1S/C13H30N.C2H2BN2/c1-5-8-11-14(4,12-9-6-2)13-10-7-3;4-1-3-2-5/h5-13H2,1-4H3;3H2/q+1;-1. The molecule has 0 rings (SSSR count). The van der Waals surface area contributed by atoms with Gasteiger partial charge in [0.15, 0.2) is 7.28 Å². The SMILES string of the molecule is CCCC[N+](C)(CCCC)CCCC.N#C[BH2-]C#N. The summed E-state index contributed by atoms with van der Waals surface area (Å²) in [7, 11) is 1.58. The number of nitriles is 2. The second kappa shape index (κ2) is 15.1. The lowest BCUT2D eigenvalue weighted by molar-refractivity contribution is -0.910. The minimum absolute atomic E-state index is 0.861. The van der Waals surface area contributed by atoms with Crippen LogP contribution in [-0.4, -0.2) is 38.4 Å². The summed E-state index contributed by atoms with van der Waals surface area (Å²) < 4.78 is 1.32. The van der Waals surface area contributed by atoms with Crippen LogP contribution in [0.4, 0.5) is 0 Å². The van der Waals surface area contributed by atoms with Crippen LogP contribution >= 0.6 is 0 Å². The molecule has 0 aromatic carbocycles. The molecule has 0 spiro atoms. The van der Waals surface area contributed by atoms with Gasteiger partial charge in [0.1, 0.15) is 0 Å². The molecule has 110 valence electrons. The monoisotopic (exact) mass is 265 g/mol. The van der Waals surface area contributed by atoms with E-state index in [-0.39, 0.29) is 0 Å². The van der Waals surface area contributed by atoms with E-state index in [1.165, 1.54) is 62.6 Å². The van der Waals surface area contributed by atoms with Gasteiger partial charge in [-0.3, -0.25) is 0 Å². The van der Waals surface area contributed by atoms with Gasteiger partial charge in [0, 0.05) is 0 Å². The van der Waals surface area contributed by atoms with Crippen LogP contribution in [-0.2, 0) is 0 Å². The van der Waals surface area contributed by atoms with Crippen molar-refractivity contribution in [2.75, 3.05) is 26.7 Å². The van der Waals surface area contributed by atoms with E-state index < -0.39 is 7.28 Å². The Morgan fingerprint density at radius 2 is 1.11 bits per heavy atom. The topological polar surface area (TPSA) is 47.6 Å². The summed E-state index contributed by atoms with van der Waals surface area (Å²) in [5.74, 6) is 3.56. The molecule has 0 atom stereocenters. The summed E-state index contributed by atoms with van der Waals surface area (Å²) in [5.41, 5.74) is 0. The van der Waals surface area contributed by atoms with E-state index in [4.69, 9.17) is 10.5 Å². The van der Waals surface area contributed by atoms with E-state index >= 15 is 0 Å². The molecular weight excluding hydrogens is 233 g/mol. The molecule has 0 heterocycles. The lowest BCUT2D eigenvalue weighted by Gasteiger charge is -2.34. The zero-order valence-electron chi connectivity index (χ0n) is 13.7. The van der Waals surface area contributed by atoms with Crippen molar-refractivity contribution in [1.29, 1.82) is 10.5 Å². The first-order valence-electron chi connectivity index (χ1n) is 7.96. The highest BCUT2D eigenvalue weighted by atomic mass is 15.3. The first kappa shape index (κ1) is 20.3. The third kappa shape index (κ3) is 14.9. The average molecular weight is 265 g/mol. The van der Waals surface area contributed by atoms with Crippen molar-refractivity contribution in [3.8, 4) is 11.9 Å². The molecule has 0 aliphatic carbocycles. The van der Waals surface area contributed by atoms with E-state index in [0.717, 1.165) is 0 Å². The number of nitrogens with zero attached hydrogens (tertiary/aromatic N) is 3. The third-order valence-electron chi connectivity index (χ3n) is 3.38. The summed E-state index contributed by atoms with van der Waals surface area (Å²) >= 11 is 0. The Bertz CT molecular complexity index is 232. The minimum atomic E-state index is -0.861. The Hall–Kier alpha value is -0.995. The van der Waals surface area contributed by atoms with E-state index in [1.54, 1.807) is 11.9 Å². The fraction of sp³-hybridized carbons (Fsp3) is 0.867. The lowest BCUT2D eigenvalue weighted by Crippen LogP contribution is -2.46. The van der Waals surface area contributed by atoms with Crippen LogP contribution in [0.5, 0.6) is 0 Å². The molecule has 0 saturated heterocycles. The summed E-state index contributed by atoms with van der Waals surface area (Å²) in [5, 5.41) is 15.3. The first-order valence-corrected chi connectivity index (χ1v) is 7.96. The minimum Gasteiger partial charge on any atom is -0.326 e. The predicted molar refractivity (Wildman–Crippen MR) is 85.3 cm³/mol. The molecule has 3 nitrogen and oxygen atoms in total. The summed E-state index contributed by atoms with van der Waals surface area (Å²) in [6, 6.07) is 0. The van der Waals surface area contributed by atoms with E-state index in [1.807, 2.05) is 0 Å². The van der Waals surface area contributed by atoms with Gasteiger partial charge in [-0.25, -0.2) is 10.5 Å². The Morgan fingerprint density at radius 1 is 0.789 bits per heavy atom. The Kier molecular flexibility index (Phi) is 16.1. The van der Waals surface area contributed by atoms with Crippen molar-refractivity contribution in [1.82, 2.24) is 0 Å². The molecule has 0 fully saturated rings. The molecule has 0 radical (unpaired) electrons. The molecule has 0 saturated carbocycles. The van der Waals surface area contributed by atoms with Crippen LogP contribution in [0.3, 0.4) is 0 Å². The number of hydrogen-bond acceptors (Lipinski definition) is 2. The maximum atomic E-state index is 7.65. The maximum Gasteiger partial charge on any atom is 0.179 e. The largest absolute Gasteiger partial charge is 0.326 e. The van der Waals surface area contributed by atoms with Gasteiger partial charge in [-0.05, 0) is 19.3 Å². The van der Waals surface area contributed by atoms with Crippen LogP contribution < -0.4 is 0 Å². The first-order chi connectivity index (χ1) is 9.10. The van der Waals surface area contributed by atoms with Gasteiger partial charge in [-0.15, -0.1) is 11.9 Å². The van der Waals surface area contributed by atoms with Crippen molar-refractivity contribution in [2.24, 2.45) is 0 Å². The third-order valence-corrected chi connectivity index (χ3v) is 3.38. The molecular formula is C15H32BN3. The molecule has 0 aromatic rings. The number of unbranched alkanes of at least 4 members (excludes halogenated alkanes) is 3. The van der Waals surface area contributed by atoms with Gasteiger partial charge in [0.25, 0.3) is 0 Å². The van der Waals surface area contributed by atoms with Crippen LogP contribution in [0.15, 0.2) is 0 Å². The smallest absolute Gasteiger partial charge is 0.179 e. The fourth-order valence-corrected chi connectivity index (χ4v) is 2.00. The normalized spacial score (nSPS) is 10.0. The van der Waals surface area contributed by atoms with Gasteiger partial charge in [0.2, 0.25) is 0 Å². The zero-order chi connectivity index (χ0) is 15.0. The van der Waals surface area contributed by atoms with Gasteiger partial charge in [-0.1, -0.05) is 40.0 Å². The van der Waals surface area contributed by atoms with Crippen LogP contribution in [0.2, 0.25) is 0 Å². The van der Waals surface area contributed by atoms with Crippen molar-refractivity contribution < 1.29 is 4.48 Å². The highest BCUT2D eigenvalue weighted by Crippen LogP contribution is 2.10. The predicted octanol–water partition coefficient (Wildman–Crippen LogP) is 2.95. The molecule has 19 heavy (non-hydrogen) atoms. The van der Waals surface area contributed by atoms with E-state index in [9.17, 15) is 0 Å². The molecule has 0 bridgehead atoms. The Labute approximate surface area is 121 Å². The van der Waals surface area contributed by atoms with Gasteiger partial charge >= 0.3 is 0 Å². The van der Waals surface area contributed by atoms with Gasteiger partial charge < -0.3 is 4.48 Å². The van der Waals surface area contributed by atoms with Crippen molar-refractivity contribution in [2.45, 2.75) is 59.3 Å². The van der Waals surface area contributed by atoms with Crippen LogP contribution in [0.25, 0.3) is 0 Å². The second-order valence-electron chi connectivity index (χ2n) is 5.55. The Morgan fingerprint density at radius 3 is 1.26 bits per heavy atom. The highest BCUT2D eigenvalue weighted by molar-refractivity contribution is 6.53. The maximum absolute atomic E-state index is 7.65. The van der Waals surface area contributed by atoms with Crippen molar-refractivity contribution in [3.05, 3.63) is 0 Å².